The summed E-state index contributed by atoms with van der Waals surface area (Å²) in [6.45, 7) is 3.84. The summed E-state index contributed by atoms with van der Waals surface area (Å²) in [4.78, 5) is 28.2. The monoisotopic (exact) mass is 407 g/mol. The molecule has 150 valence electrons. The number of amides is 2. The minimum Gasteiger partial charge on any atom is -0.352 e. The average Bonchev–Trinajstić information content (AvgIpc) is 3.44. The van der Waals surface area contributed by atoms with Crippen LogP contribution in [0.2, 0.25) is 0 Å². The Morgan fingerprint density at radius 3 is 2.52 bits per heavy atom. The number of carbonyl (C=O) groups is 2. The maximum Gasteiger partial charge on any atom is 0.266 e. The maximum absolute atomic E-state index is 13.0. The summed E-state index contributed by atoms with van der Waals surface area (Å²) in [7, 11) is 0. The van der Waals surface area contributed by atoms with Crippen molar-refractivity contribution in [2.24, 2.45) is 5.92 Å². The molecule has 0 unspecified atom stereocenters. The molecular weight excluding hydrogens is 382 g/mol. The number of aromatic nitrogens is 1. The van der Waals surface area contributed by atoms with Gasteiger partial charge in [-0.2, -0.15) is 0 Å². The lowest BCUT2D eigenvalue weighted by Crippen LogP contribution is -2.43. The van der Waals surface area contributed by atoms with Gasteiger partial charge in [0.05, 0.1) is 5.69 Å². The average molecular weight is 408 g/mol. The lowest BCUT2D eigenvalue weighted by molar-refractivity contribution is -0.126. The number of nitrogens with one attached hydrogen (secondary N) is 1. The molecule has 0 aliphatic carbocycles. The molecule has 1 aromatic carbocycles. The third-order valence-corrected chi connectivity index (χ3v) is 6.48. The van der Waals surface area contributed by atoms with Crippen LogP contribution in [0.15, 0.2) is 60.2 Å². The van der Waals surface area contributed by atoms with Crippen LogP contribution in [0.3, 0.4) is 0 Å². The molecular formula is C23H25N3O2S. The Morgan fingerprint density at radius 2 is 1.79 bits per heavy atom. The molecule has 2 aromatic heterocycles. The molecule has 6 heteroatoms. The van der Waals surface area contributed by atoms with Crippen molar-refractivity contribution in [2.45, 2.75) is 26.3 Å². The van der Waals surface area contributed by atoms with Gasteiger partial charge in [-0.1, -0.05) is 24.3 Å². The van der Waals surface area contributed by atoms with Crippen LogP contribution in [0.1, 0.15) is 33.6 Å². The third-order valence-electron chi connectivity index (χ3n) is 5.59. The highest BCUT2D eigenvalue weighted by Crippen LogP contribution is 2.26. The predicted molar refractivity (Wildman–Crippen MR) is 115 cm³/mol. The number of likely N-dealkylation sites (tertiary alicyclic amines) is 1. The van der Waals surface area contributed by atoms with Crippen molar-refractivity contribution in [3.63, 3.8) is 0 Å². The van der Waals surface area contributed by atoms with Crippen LogP contribution >= 0.6 is 11.3 Å². The first-order chi connectivity index (χ1) is 14.1. The van der Waals surface area contributed by atoms with Crippen molar-refractivity contribution in [3.05, 3.63) is 76.2 Å². The minimum absolute atomic E-state index is 0.0321. The zero-order valence-electron chi connectivity index (χ0n) is 16.5. The summed E-state index contributed by atoms with van der Waals surface area (Å²) in [6.07, 6.45) is 5.30. The fourth-order valence-electron chi connectivity index (χ4n) is 3.78. The van der Waals surface area contributed by atoms with Crippen LogP contribution in [0.4, 0.5) is 0 Å². The number of piperidine rings is 1. The molecule has 1 aliphatic rings. The second-order valence-corrected chi connectivity index (χ2v) is 8.35. The standard InChI is InChI=1S/C23H25N3O2S/c1-17-6-2-3-7-19(17)16-24-22(27)18-8-13-26(14-9-18)23(28)21-20(10-15-29-21)25-11-4-5-12-25/h2-7,10-12,15,18H,8-9,13-14,16H2,1H3,(H,24,27). The zero-order chi connectivity index (χ0) is 20.2. The van der Waals surface area contributed by atoms with Gasteiger partial charge in [0.15, 0.2) is 0 Å². The van der Waals surface area contributed by atoms with Gasteiger partial charge >= 0.3 is 0 Å². The number of aryl methyl sites for hydroxylation is 1. The molecule has 5 nitrogen and oxygen atoms in total. The number of nitrogens with zero attached hydrogens (tertiary/aromatic N) is 2. The summed E-state index contributed by atoms with van der Waals surface area (Å²) < 4.78 is 1.97. The molecule has 0 saturated carbocycles. The van der Waals surface area contributed by atoms with E-state index in [1.165, 1.54) is 16.9 Å². The first-order valence-corrected chi connectivity index (χ1v) is 10.8. The van der Waals surface area contributed by atoms with E-state index in [2.05, 4.69) is 18.3 Å². The Bertz CT molecular complexity index is 985. The van der Waals surface area contributed by atoms with Crippen molar-refractivity contribution in [2.75, 3.05) is 13.1 Å². The molecule has 1 fully saturated rings. The number of benzene rings is 1. The Kier molecular flexibility index (Phi) is 5.81. The molecule has 2 amide bonds. The van der Waals surface area contributed by atoms with E-state index in [9.17, 15) is 9.59 Å². The van der Waals surface area contributed by atoms with Crippen molar-refractivity contribution in [1.82, 2.24) is 14.8 Å². The quantitative estimate of drug-likeness (QED) is 0.695. The summed E-state index contributed by atoms with van der Waals surface area (Å²) in [5, 5.41) is 5.02. The number of carbonyl (C=O) groups excluding carboxylic acids is 2. The predicted octanol–water partition coefficient (Wildman–Crippen LogP) is 4.02. The Hall–Kier alpha value is -2.86. The summed E-state index contributed by atoms with van der Waals surface area (Å²) in [5.74, 6) is 0.113. The third kappa shape index (κ3) is 4.27. The second-order valence-electron chi connectivity index (χ2n) is 7.44. The summed E-state index contributed by atoms with van der Waals surface area (Å²) in [6, 6.07) is 14.0. The SMILES string of the molecule is Cc1ccccc1CNC(=O)C1CCN(C(=O)c2sccc2-n2cccc2)CC1. The number of rotatable bonds is 5. The first-order valence-electron chi connectivity index (χ1n) is 9.96. The summed E-state index contributed by atoms with van der Waals surface area (Å²) in [5.41, 5.74) is 3.24. The molecule has 4 rings (SSSR count). The molecule has 29 heavy (non-hydrogen) atoms. The van der Waals surface area contributed by atoms with E-state index in [1.807, 2.05) is 63.6 Å². The van der Waals surface area contributed by atoms with Crippen molar-refractivity contribution in [3.8, 4) is 5.69 Å². The van der Waals surface area contributed by atoms with Gasteiger partial charge in [-0.05, 0) is 54.5 Å². The van der Waals surface area contributed by atoms with Crippen LogP contribution < -0.4 is 5.32 Å². The number of hydrogen-bond donors (Lipinski definition) is 1. The largest absolute Gasteiger partial charge is 0.352 e. The van der Waals surface area contributed by atoms with Crippen molar-refractivity contribution >= 4 is 23.2 Å². The molecule has 0 radical (unpaired) electrons. The van der Waals surface area contributed by atoms with Crippen LogP contribution in [0, 0.1) is 12.8 Å². The van der Waals surface area contributed by atoms with Crippen LogP contribution in [-0.4, -0.2) is 34.4 Å². The van der Waals surface area contributed by atoms with Crippen molar-refractivity contribution in [1.29, 1.82) is 0 Å². The highest BCUT2D eigenvalue weighted by molar-refractivity contribution is 7.12. The highest BCUT2D eigenvalue weighted by Gasteiger charge is 2.29. The van der Waals surface area contributed by atoms with E-state index >= 15 is 0 Å². The lowest BCUT2D eigenvalue weighted by Gasteiger charge is -2.31. The lowest BCUT2D eigenvalue weighted by atomic mass is 9.95. The van der Waals surface area contributed by atoms with Crippen LogP contribution in [0.25, 0.3) is 5.69 Å². The Balaban J connectivity index is 1.33. The fraction of sp³-hybridized carbons (Fsp3) is 0.304. The van der Waals surface area contributed by atoms with Gasteiger partial charge in [-0.3, -0.25) is 9.59 Å². The van der Waals surface area contributed by atoms with E-state index in [4.69, 9.17) is 0 Å². The normalized spacial score (nSPS) is 14.7. The van der Waals surface area contributed by atoms with Gasteiger partial charge in [0.1, 0.15) is 4.88 Å². The number of thiophene rings is 1. The van der Waals surface area contributed by atoms with Gasteiger partial charge in [0.25, 0.3) is 5.91 Å². The Morgan fingerprint density at radius 1 is 1.07 bits per heavy atom. The molecule has 1 saturated heterocycles. The van der Waals surface area contributed by atoms with Gasteiger partial charge in [0.2, 0.25) is 5.91 Å². The molecule has 0 spiro atoms. The highest BCUT2D eigenvalue weighted by atomic mass is 32.1. The van der Waals surface area contributed by atoms with E-state index in [1.54, 1.807) is 0 Å². The topological polar surface area (TPSA) is 54.3 Å². The van der Waals surface area contributed by atoms with Crippen LogP contribution in [0.5, 0.6) is 0 Å². The Labute approximate surface area is 175 Å². The minimum atomic E-state index is -0.0321. The van der Waals surface area contributed by atoms with Gasteiger partial charge in [-0.25, -0.2) is 0 Å². The number of hydrogen-bond acceptors (Lipinski definition) is 3. The van der Waals surface area contributed by atoms with Gasteiger partial charge < -0.3 is 14.8 Å². The van der Waals surface area contributed by atoms with E-state index in [-0.39, 0.29) is 17.7 Å². The fourth-order valence-corrected chi connectivity index (χ4v) is 4.64. The van der Waals surface area contributed by atoms with E-state index in [0.29, 0.717) is 32.5 Å². The molecule has 3 aromatic rings. The van der Waals surface area contributed by atoms with Gasteiger partial charge in [-0.15, -0.1) is 11.3 Å². The zero-order valence-corrected chi connectivity index (χ0v) is 17.3. The van der Waals surface area contributed by atoms with Gasteiger partial charge in [0, 0.05) is 37.9 Å². The molecule has 0 bridgehead atoms. The molecule has 1 aliphatic heterocycles. The molecule has 0 atom stereocenters. The smallest absolute Gasteiger partial charge is 0.266 e. The van der Waals surface area contributed by atoms with E-state index in [0.717, 1.165) is 16.1 Å². The molecule has 3 heterocycles. The maximum atomic E-state index is 13.0. The second kappa shape index (κ2) is 8.66. The molecule has 1 N–H and O–H groups in total. The first kappa shape index (κ1) is 19.5. The van der Waals surface area contributed by atoms with Crippen LogP contribution in [-0.2, 0) is 11.3 Å². The summed E-state index contributed by atoms with van der Waals surface area (Å²) >= 11 is 1.47. The van der Waals surface area contributed by atoms with Crippen molar-refractivity contribution < 1.29 is 9.59 Å². The van der Waals surface area contributed by atoms with E-state index < -0.39 is 0 Å².